The predicted molar refractivity (Wildman–Crippen MR) is 160 cm³/mol. The number of nitrogens with one attached hydrogen (secondary N) is 3. The van der Waals surface area contributed by atoms with Crippen molar-refractivity contribution in [2.75, 3.05) is 11.1 Å². The van der Waals surface area contributed by atoms with E-state index in [9.17, 15) is 14.7 Å². The average Bonchev–Trinajstić information content (AvgIpc) is 3.49. The van der Waals surface area contributed by atoms with Gasteiger partial charge >= 0.3 is 5.97 Å². The summed E-state index contributed by atoms with van der Waals surface area (Å²) in [7, 11) is 0. The minimum absolute atomic E-state index is 0.136. The van der Waals surface area contributed by atoms with Crippen LogP contribution in [-0.2, 0) is 5.41 Å². The number of H-pyrrole nitrogens is 2. The van der Waals surface area contributed by atoms with Crippen molar-refractivity contribution in [2.24, 2.45) is 0 Å². The lowest BCUT2D eigenvalue weighted by atomic mass is 9.80. The van der Waals surface area contributed by atoms with Crippen LogP contribution in [-0.4, -0.2) is 27.0 Å². The summed E-state index contributed by atoms with van der Waals surface area (Å²) in [5.41, 5.74) is 13.4. The molecule has 5 rings (SSSR count). The van der Waals surface area contributed by atoms with Crippen LogP contribution in [0.5, 0.6) is 0 Å². The van der Waals surface area contributed by atoms with Crippen molar-refractivity contribution in [3.8, 4) is 22.3 Å². The molecule has 202 valence electrons. The van der Waals surface area contributed by atoms with Crippen LogP contribution in [0.2, 0.25) is 0 Å². The van der Waals surface area contributed by atoms with Gasteiger partial charge in [-0.1, -0.05) is 72.8 Å². The van der Waals surface area contributed by atoms with Crippen LogP contribution in [0.15, 0.2) is 84.9 Å². The molecule has 2 aromatic heterocycles. The van der Waals surface area contributed by atoms with Gasteiger partial charge in [-0.25, -0.2) is 4.79 Å². The maximum Gasteiger partial charge on any atom is 0.352 e. The maximum atomic E-state index is 13.7. The number of rotatable bonds is 7. The van der Waals surface area contributed by atoms with Crippen LogP contribution < -0.4 is 11.1 Å². The topological polar surface area (TPSA) is 124 Å². The van der Waals surface area contributed by atoms with Crippen molar-refractivity contribution in [1.29, 1.82) is 0 Å². The van der Waals surface area contributed by atoms with E-state index in [0.717, 1.165) is 39.2 Å². The number of aromatic carboxylic acids is 1. The number of anilines is 2. The van der Waals surface area contributed by atoms with Crippen molar-refractivity contribution in [2.45, 2.75) is 33.1 Å². The first-order valence-electron chi connectivity index (χ1n) is 13.1. The van der Waals surface area contributed by atoms with Crippen molar-refractivity contribution >= 4 is 23.3 Å². The molecule has 0 bridgehead atoms. The first-order valence-corrected chi connectivity index (χ1v) is 13.1. The van der Waals surface area contributed by atoms with Gasteiger partial charge in [0, 0.05) is 27.9 Å². The normalized spacial score (nSPS) is 11.4. The van der Waals surface area contributed by atoms with Gasteiger partial charge in [0.05, 0.1) is 11.4 Å². The fraction of sp³-hybridized carbons (Fsp3) is 0.152. The SMILES string of the molecule is Cc1c(C(C)(C)c2[nH]c(C(=O)Nc3ccccc3N)c(-c3ccccc3)c2C)[nH]c(C(=O)O)c1-c1ccccc1. The van der Waals surface area contributed by atoms with E-state index in [1.807, 2.05) is 100 Å². The van der Waals surface area contributed by atoms with Crippen LogP contribution in [0.1, 0.15) is 57.3 Å². The molecular weight excluding hydrogens is 500 g/mol. The van der Waals surface area contributed by atoms with E-state index in [-0.39, 0.29) is 11.6 Å². The van der Waals surface area contributed by atoms with E-state index < -0.39 is 11.4 Å². The summed E-state index contributed by atoms with van der Waals surface area (Å²) in [6.07, 6.45) is 0. The molecule has 0 radical (unpaired) electrons. The Balaban J connectivity index is 1.68. The Morgan fingerprint density at radius 1 is 0.725 bits per heavy atom. The van der Waals surface area contributed by atoms with Crippen molar-refractivity contribution in [3.05, 3.63) is 119 Å². The highest BCUT2D eigenvalue weighted by Crippen LogP contribution is 2.43. The number of para-hydroxylation sites is 2. The first kappa shape index (κ1) is 26.6. The number of carboxylic acids is 1. The number of hydrogen-bond donors (Lipinski definition) is 5. The Kier molecular flexibility index (Phi) is 6.81. The molecule has 0 fully saturated rings. The Morgan fingerprint density at radius 3 is 1.68 bits per heavy atom. The molecule has 2 heterocycles. The van der Waals surface area contributed by atoms with Gasteiger partial charge in [-0.05, 0) is 62.1 Å². The van der Waals surface area contributed by atoms with E-state index >= 15 is 0 Å². The first-order chi connectivity index (χ1) is 19.1. The van der Waals surface area contributed by atoms with Gasteiger partial charge in [-0.3, -0.25) is 4.79 Å². The largest absolute Gasteiger partial charge is 0.477 e. The predicted octanol–water partition coefficient (Wildman–Crippen LogP) is 7.15. The van der Waals surface area contributed by atoms with Gasteiger partial charge in [0.2, 0.25) is 0 Å². The number of carbonyl (C=O) groups excluding carboxylic acids is 1. The number of carbonyl (C=O) groups is 2. The maximum absolute atomic E-state index is 13.7. The lowest BCUT2D eigenvalue weighted by Crippen LogP contribution is -2.23. The highest BCUT2D eigenvalue weighted by molar-refractivity contribution is 6.09. The van der Waals surface area contributed by atoms with Gasteiger partial charge in [0.25, 0.3) is 5.91 Å². The third-order valence-electron chi connectivity index (χ3n) is 7.52. The van der Waals surface area contributed by atoms with E-state index in [4.69, 9.17) is 5.73 Å². The van der Waals surface area contributed by atoms with Gasteiger partial charge in [-0.2, -0.15) is 0 Å². The molecule has 40 heavy (non-hydrogen) atoms. The van der Waals surface area contributed by atoms with Crippen LogP contribution in [0.4, 0.5) is 11.4 Å². The zero-order valence-corrected chi connectivity index (χ0v) is 22.9. The van der Waals surface area contributed by atoms with Gasteiger partial charge in [0.1, 0.15) is 11.4 Å². The summed E-state index contributed by atoms with van der Waals surface area (Å²) in [5.74, 6) is -1.35. The second kappa shape index (κ2) is 10.3. The summed E-state index contributed by atoms with van der Waals surface area (Å²) in [5, 5.41) is 13.0. The molecule has 0 aliphatic rings. The number of carboxylic acid groups (broad SMARTS) is 1. The smallest absolute Gasteiger partial charge is 0.352 e. The monoisotopic (exact) mass is 532 g/mol. The summed E-state index contributed by atoms with van der Waals surface area (Å²) in [6.45, 7) is 7.97. The summed E-state index contributed by atoms with van der Waals surface area (Å²) in [4.78, 5) is 32.7. The third kappa shape index (κ3) is 4.56. The van der Waals surface area contributed by atoms with E-state index in [2.05, 4.69) is 15.3 Å². The van der Waals surface area contributed by atoms with E-state index in [1.165, 1.54) is 0 Å². The minimum Gasteiger partial charge on any atom is -0.477 e. The molecule has 6 N–H and O–H groups in total. The van der Waals surface area contributed by atoms with Gasteiger partial charge in [-0.15, -0.1) is 0 Å². The molecule has 0 aliphatic carbocycles. The molecule has 3 aromatic carbocycles. The number of nitrogen functional groups attached to an aromatic ring is 1. The lowest BCUT2D eigenvalue weighted by molar-refractivity contribution is 0.0691. The molecule has 0 saturated heterocycles. The number of amides is 1. The zero-order valence-electron chi connectivity index (χ0n) is 22.9. The summed E-state index contributed by atoms with van der Waals surface area (Å²) >= 11 is 0. The highest BCUT2D eigenvalue weighted by Gasteiger charge is 2.36. The van der Waals surface area contributed by atoms with Crippen LogP contribution in [0.25, 0.3) is 22.3 Å². The second-order valence-corrected chi connectivity index (χ2v) is 10.5. The molecular formula is C33H32N4O3. The van der Waals surface area contributed by atoms with E-state index in [1.54, 1.807) is 12.1 Å². The molecule has 5 aromatic rings. The van der Waals surface area contributed by atoms with Gasteiger partial charge in [0.15, 0.2) is 0 Å². The molecule has 7 nitrogen and oxygen atoms in total. The quantitative estimate of drug-likeness (QED) is 0.143. The average molecular weight is 533 g/mol. The number of aromatic amines is 2. The molecule has 0 atom stereocenters. The fourth-order valence-corrected chi connectivity index (χ4v) is 5.62. The van der Waals surface area contributed by atoms with Crippen molar-refractivity contribution < 1.29 is 14.7 Å². The number of hydrogen-bond acceptors (Lipinski definition) is 3. The minimum atomic E-state index is -1.03. The summed E-state index contributed by atoms with van der Waals surface area (Å²) in [6, 6.07) is 26.4. The van der Waals surface area contributed by atoms with Crippen LogP contribution in [0, 0.1) is 13.8 Å². The fourth-order valence-electron chi connectivity index (χ4n) is 5.62. The molecule has 7 heteroatoms. The molecule has 0 aliphatic heterocycles. The lowest BCUT2D eigenvalue weighted by Gasteiger charge is -2.25. The number of nitrogens with two attached hydrogens (primary N) is 1. The van der Waals surface area contributed by atoms with Crippen molar-refractivity contribution in [3.63, 3.8) is 0 Å². The summed E-state index contributed by atoms with van der Waals surface area (Å²) < 4.78 is 0. The standard InChI is InChI=1S/C33H32N4O3/c1-19-25(21-13-7-5-8-14-21)27(31(38)35-24-18-12-11-17-23(24)34)36-29(19)33(3,4)30-20(2)26(28(37-30)32(39)40)22-15-9-6-10-16-22/h5-18,36-37H,34H2,1-4H3,(H,35,38)(H,39,40). The molecule has 0 unspecified atom stereocenters. The molecule has 0 spiro atoms. The van der Waals surface area contributed by atoms with Crippen molar-refractivity contribution in [1.82, 2.24) is 9.97 Å². The Bertz CT molecular complexity index is 1710. The molecule has 1 amide bonds. The molecule has 0 saturated carbocycles. The zero-order chi connectivity index (χ0) is 28.6. The number of aromatic nitrogens is 2. The van der Waals surface area contributed by atoms with E-state index in [0.29, 0.717) is 22.6 Å². The third-order valence-corrected chi connectivity index (χ3v) is 7.52. The van der Waals surface area contributed by atoms with Crippen LogP contribution >= 0.6 is 0 Å². The van der Waals surface area contributed by atoms with Crippen LogP contribution in [0.3, 0.4) is 0 Å². The number of benzene rings is 3. The Morgan fingerprint density at radius 2 is 1.18 bits per heavy atom. The highest BCUT2D eigenvalue weighted by atomic mass is 16.4. The Hall–Kier alpha value is -5.04. The van der Waals surface area contributed by atoms with Gasteiger partial charge < -0.3 is 26.1 Å². The second-order valence-electron chi connectivity index (χ2n) is 10.5. The Labute approximate surface area is 233 Å².